The summed E-state index contributed by atoms with van der Waals surface area (Å²) in [5.74, 6) is -0.663. The zero-order valence-electron chi connectivity index (χ0n) is 15.4. The maximum Gasteiger partial charge on any atom is 0.272 e. The second-order valence-corrected chi connectivity index (χ2v) is 7.06. The Morgan fingerprint density at radius 1 is 1.14 bits per heavy atom. The van der Waals surface area contributed by atoms with E-state index >= 15 is 0 Å². The van der Waals surface area contributed by atoms with E-state index in [4.69, 9.17) is 0 Å². The van der Waals surface area contributed by atoms with Crippen molar-refractivity contribution in [1.29, 1.82) is 0 Å². The molecule has 0 bridgehead atoms. The minimum Gasteiger partial charge on any atom is -0.305 e. The average molecular weight is 394 g/mol. The van der Waals surface area contributed by atoms with Gasteiger partial charge in [0, 0.05) is 25.0 Å². The van der Waals surface area contributed by atoms with Crippen molar-refractivity contribution in [3.8, 4) is 0 Å². The third kappa shape index (κ3) is 2.82. The van der Waals surface area contributed by atoms with Gasteiger partial charge in [-0.1, -0.05) is 12.1 Å². The van der Waals surface area contributed by atoms with Crippen molar-refractivity contribution in [3.63, 3.8) is 0 Å². The zero-order valence-corrected chi connectivity index (χ0v) is 15.4. The fraction of sp³-hybridized carbons (Fsp3) is 0.200. The van der Waals surface area contributed by atoms with E-state index in [1.807, 2.05) is 0 Å². The van der Waals surface area contributed by atoms with E-state index in [-0.39, 0.29) is 17.2 Å². The van der Waals surface area contributed by atoms with Gasteiger partial charge in [0.25, 0.3) is 5.56 Å². The smallest absolute Gasteiger partial charge is 0.272 e. The lowest BCUT2D eigenvalue weighted by atomic mass is 9.88. The van der Waals surface area contributed by atoms with Crippen LogP contribution in [0.15, 0.2) is 47.5 Å². The second kappa shape index (κ2) is 6.56. The fourth-order valence-electron chi connectivity index (χ4n) is 4.07. The van der Waals surface area contributed by atoms with Crippen LogP contribution in [0.5, 0.6) is 0 Å². The van der Waals surface area contributed by atoms with Crippen LogP contribution < -0.4 is 10.9 Å². The summed E-state index contributed by atoms with van der Waals surface area (Å²) in [4.78, 5) is 16.8. The topological polar surface area (TPSA) is 88.5 Å². The van der Waals surface area contributed by atoms with Crippen LogP contribution in [0.1, 0.15) is 34.6 Å². The highest BCUT2D eigenvalue weighted by atomic mass is 19.1. The molecule has 3 heterocycles. The molecule has 0 aliphatic carbocycles. The minimum atomic E-state index is -0.493. The highest BCUT2D eigenvalue weighted by molar-refractivity contribution is 5.88. The molecule has 2 N–H and O–H groups in total. The molecule has 2 aromatic heterocycles. The van der Waals surface area contributed by atoms with E-state index in [9.17, 15) is 13.6 Å². The molecule has 9 heteroatoms. The predicted octanol–water partition coefficient (Wildman–Crippen LogP) is 2.31. The zero-order chi connectivity index (χ0) is 20.1. The van der Waals surface area contributed by atoms with Gasteiger partial charge in [-0.3, -0.25) is 9.48 Å². The number of rotatable bonds is 2. The Morgan fingerprint density at radius 3 is 2.66 bits per heavy atom. The lowest BCUT2D eigenvalue weighted by Gasteiger charge is -2.26. The second-order valence-electron chi connectivity index (χ2n) is 7.06. The van der Waals surface area contributed by atoms with Gasteiger partial charge in [-0.05, 0) is 35.4 Å². The average Bonchev–Trinajstić information content (AvgIpc) is 3.05. The third-order valence-corrected chi connectivity index (χ3v) is 5.36. The first-order chi connectivity index (χ1) is 14.0. The molecular formula is C20H16F2N6O. The normalized spacial score (nSPS) is 18.7. The monoisotopic (exact) mass is 394 g/mol. The number of aryl methyl sites for hydroxylation is 1. The SMILES string of the molecule is Cn1ncnc1C1c2n[nH]c(=O)c3cc(F)cc(c23)CNC1c1ccc(F)cc1. The van der Waals surface area contributed by atoms with Crippen LogP contribution in [0.3, 0.4) is 0 Å². The van der Waals surface area contributed by atoms with Crippen molar-refractivity contribution in [2.75, 3.05) is 0 Å². The lowest BCUT2D eigenvalue weighted by Crippen LogP contribution is -2.28. The van der Waals surface area contributed by atoms with Crippen LogP contribution >= 0.6 is 0 Å². The lowest BCUT2D eigenvalue weighted by molar-refractivity contribution is 0.457. The van der Waals surface area contributed by atoms with Crippen molar-refractivity contribution in [2.24, 2.45) is 7.05 Å². The molecule has 4 aromatic rings. The summed E-state index contributed by atoms with van der Waals surface area (Å²) in [6.07, 6.45) is 1.44. The summed E-state index contributed by atoms with van der Waals surface area (Å²) in [5, 5.41) is 15.2. The van der Waals surface area contributed by atoms with Gasteiger partial charge in [0.15, 0.2) is 0 Å². The summed E-state index contributed by atoms with van der Waals surface area (Å²) in [7, 11) is 1.77. The van der Waals surface area contributed by atoms with Gasteiger partial charge in [-0.15, -0.1) is 0 Å². The Kier molecular flexibility index (Phi) is 3.99. The first-order valence-electron chi connectivity index (χ1n) is 9.06. The van der Waals surface area contributed by atoms with Crippen molar-refractivity contribution < 1.29 is 8.78 Å². The first kappa shape index (κ1) is 17.6. The molecule has 0 saturated heterocycles. The van der Waals surface area contributed by atoms with Crippen LogP contribution in [0.25, 0.3) is 10.8 Å². The van der Waals surface area contributed by atoms with Crippen LogP contribution in [-0.2, 0) is 13.6 Å². The third-order valence-electron chi connectivity index (χ3n) is 5.36. The molecular weight excluding hydrogens is 378 g/mol. The summed E-state index contributed by atoms with van der Waals surface area (Å²) in [6.45, 7) is 0.308. The molecule has 0 spiro atoms. The van der Waals surface area contributed by atoms with Gasteiger partial charge >= 0.3 is 0 Å². The number of hydrogen-bond acceptors (Lipinski definition) is 5. The molecule has 0 amide bonds. The highest BCUT2D eigenvalue weighted by Gasteiger charge is 2.35. The Labute approximate surface area is 163 Å². The summed E-state index contributed by atoms with van der Waals surface area (Å²) >= 11 is 0. The van der Waals surface area contributed by atoms with E-state index in [1.54, 1.807) is 23.9 Å². The van der Waals surface area contributed by atoms with E-state index in [1.165, 1.54) is 30.6 Å². The van der Waals surface area contributed by atoms with Crippen molar-refractivity contribution in [3.05, 3.63) is 87.4 Å². The van der Waals surface area contributed by atoms with E-state index < -0.39 is 17.3 Å². The number of aromatic nitrogens is 5. The Hall–Kier alpha value is -3.46. The molecule has 2 unspecified atom stereocenters. The largest absolute Gasteiger partial charge is 0.305 e. The molecule has 0 saturated carbocycles. The number of nitrogens with one attached hydrogen (secondary N) is 2. The number of H-pyrrole nitrogens is 1. The van der Waals surface area contributed by atoms with Gasteiger partial charge < -0.3 is 5.32 Å². The van der Waals surface area contributed by atoms with Crippen molar-refractivity contribution >= 4 is 10.8 Å². The van der Waals surface area contributed by atoms with Crippen LogP contribution in [0.2, 0.25) is 0 Å². The first-order valence-corrected chi connectivity index (χ1v) is 9.06. The van der Waals surface area contributed by atoms with Gasteiger partial charge in [0.2, 0.25) is 0 Å². The van der Waals surface area contributed by atoms with E-state index in [0.29, 0.717) is 29.0 Å². The van der Waals surface area contributed by atoms with E-state index in [2.05, 4.69) is 25.6 Å². The van der Waals surface area contributed by atoms with Crippen molar-refractivity contribution in [2.45, 2.75) is 18.5 Å². The molecule has 7 nitrogen and oxygen atoms in total. The van der Waals surface area contributed by atoms with Gasteiger partial charge in [-0.2, -0.15) is 10.2 Å². The number of benzene rings is 2. The van der Waals surface area contributed by atoms with E-state index in [0.717, 1.165) is 5.56 Å². The Balaban J connectivity index is 1.82. The maximum atomic E-state index is 14.2. The summed E-state index contributed by atoms with van der Waals surface area (Å²) < 4.78 is 29.3. The standard InChI is InChI=1S/C20H16F2N6O/c1-28-19(24-9-25-28)16-17(10-2-4-12(21)5-3-10)23-8-11-6-13(22)7-14-15(11)18(16)26-27-20(14)29/h2-7,9,16-17,23H,8H2,1H3,(H,27,29). The van der Waals surface area contributed by atoms with Crippen LogP contribution in [0.4, 0.5) is 8.78 Å². The molecule has 5 rings (SSSR count). The number of halogens is 2. The molecule has 1 aliphatic heterocycles. The van der Waals surface area contributed by atoms with Gasteiger partial charge in [-0.25, -0.2) is 18.9 Å². The molecule has 146 valence electrons. The Morgan fingerprint density at radius 2 is 1.93 bits per heavy atom. The predicted molar refractivity (Wildman–Crippen MR) is 101 cm³/mol. The molecule has 2 aromatic carbocycles. The van der Waals surface area contributed by atoms with Gasteiger partial charge in [0.05, 0.1) is 17.0 Å². The summed E-state index contributed by atoms with van der Waals surface area (Å²) in [5.41, 5.74) is 1.55. The number of hydrogen-bond donors (Lipinski definition) is 2. The molecule has 0 fully saturated rings. The molecule has 29 heavy (non-hydrogen) atoms. The van der Waals surface area contributed by atoms with Crippen LogP contribution in [-0.4, -0.2) is 25.0 Å². The Bertz CT molecular complexity index is 1280. The van der Waals surface area contributed by atoms with Crippen LogP contribution in [0, 0.1) is 11.6 Å². The summed E-state index contributed by atoms with van der Waals surface area (Å²) in [6, 6.07) is 8.42. The van der Waals surface area contributed by atoms with Gasteiger partial charge in [0.1, 0.15) is 23.8 Å². The quantitative estimate of drug-likeness (QED) is 0.545. The molecule has 0 radical (unpaired) electrons. The number of aromatic amines is 1. The maximum absolute atomic E-state index is 14.2. The highest BCUT2D eigenvalue weighted by Crippen LogP contribution is 2.40. The fourth-order valence-corrected chi connectivity index (χ4v) is 4.07. The molecule has 1 aliphatic rings. The minimum absolute atomic E-state index is 0.235. The number of nitrogens with zero attached hydrogens (tertiary/aromatic N) is 4. The van der Waals surface area contributed by atoms with Crippen molar-refractivity contribution in [1.82, 2.24) is 30.3 Å². The molecule has 2 atom stereocenters.